The van der Waals surface area contributed by atoms with E-state index in [1.54, 1.807) is 10.8 Å². The third kappa shape index (κ3) is 5.93. The fourth-order valence-corrected chi connectivity index (χ4v) is 5.07. The van der Waals surface area contributed by atoms with Crippen molar-refractivity contribution < 1.29 is 4.79 Å². The van der Waals surface area contributed by atoms with Gasteiger partial charge in [0.2, 0.25) is 11.9 Å². The molecule has 0 aliphatic carbocycles. The van der Waals surface area contributed by atoms with Crippen molar-refractivity contribution in [3.05, 3.63) is 64.7 Å². The van der Waals surface area contributed by atoms with Gasteiger partial charge in [-0.25, -0.2) is 9.78 Å². The molecular formula is C28H39N7O2. The maximum Gasteiger partial charge on any atom is 0.327 e. The van der Waals surface area contributed by atoms with Crippen molar-refractivity contribution in [3.8, 4) is 0 Å². The summed E-state index contributed by atoms with van der Waals surface area (Å²) in [5, 5.41) is 3.38. The zero-order valence-corrected chi connectivity index (χ0v) is 22.6. The number of hydrogen-bond acceptors (Lipinski definition) is 6. The van der Waals surface area contributed by atoms with Gasteiger partial charge in [-0.3, -0.25) is 14.3 Å². The van der Waals surface area contributed by atoms with E-state index in [2.05, 4.69) is 76.8 Å². The Morgan fingerprint density at radius 3 is 2.32 bits per heavy atom. The summed E-state index contributed by atoms with van der Waals surface area (Å²) in [5.74, 6) is 1.06. The third-order valence-corrected chi connectivity index (χ3v) is 7.08. The van der Waals surface area contributed by atoms with Gasteiger partial charge in [-0.15, -0.1) is 0 Å². The first-order valence-corrected chi connectivity index (χ1v) is 13.2. The van der Waals surface area contributed by atoms with E-state index in [-0.39, 0.29) is 23.7 Å². The van der Waals surface area contributed by atoms with Gasteiger partial charge in [0, 0.05) is 38.3 Å². The normalized spacial score (nSPS) is 16.4. The number of aromatic nitrogens is 4. The van der Waals surface area contributed by atoms with E-state index in [9.17, 15) is 9.59 Å². The molecule has 9 nitrogen and oxygen atoms in total. The minimum atomic E-state index is -0.176. The quantitative estimate of drug-likeness (QED) is 0.421. The highest BCUT2D eigenvalue weighted by atomic mass is 16.2. The van der Waals surface area contributed by atoms with Crippen LogP contribution in [0.4, 0.5) is 5.95 Å². The molecule has 0 saturated carbocycles. The Morgan fingerprint density at radius 2 is 1.73 bits per heavy atom. The van der Waals surface area contributed by atoms with Gasteiger partial charge >= 0.3 is 5.69 Å². The smallest absolute Gasteiger partial charge is 0.327 e. The molecule has 1 aliphatic heterocycles. The summed E-state index contributed by atoms with van der Waals surface area (Å²) in [6.07, 6.45) is 4.12. The monoisotopic (exact) mass is 505 g/mol. The number of carbonyl (C=O) groups excluding carboxylic acids is 1. The van der Waals surface area contributed by atoms with Crippen LogP contribution >= 0.6 is 0 Å². The van der Waals surface area contributed by atoms with Crippen LogP contribution in [0.15, 0.2) is 47.9 Å². The van der Waals surface area contributed by atoms with Crippen LogP contribution < -0.4 is 11.0 Å². The Balaban J connectivity index is 1.48. The number of carbonyl (C=O) groups is 1. The number of hydrogen-bond donors (Lipinski definition) is 2. The number of H-pyrrole nitrogens is 1. The Kier molecular flexibility index (Phi) is 8.12. The number of nitrogens with zero attached hydrogens (tertiary/aromatic N) is 5. The van der Waals surface area contributed by atoms with E-state index in [0.29, 0.717) is 29.1 Å². The van der Waals surface area contributed by atoms with Gasteiger partial charge < -0.3 is 15.2 Å². The van der Waals surface area contributed by atoms with Crippen LogP contribution in [0.2, 0.25) is 0 Å². The predicted molar refractivity (Wildman–Crippen MR) is 148 cm³/mol. The van der Waals surface area contributed by atoms with Crippen molar-refractivity contribution >= 4 is 23.0 Å². The third-order valence-electron chi connectivity index (χ3n) is 7.08. The molecule has 1 aliphatic rings. The molecule has 37 heavy (non-hydrogen) atoms. The minimum absolute atomic E-state index is 0.00166. The Morgan fingerprint density at radius 1 is 1.08 bits per heavy atom. The number of nitrogens with one attached hydrogen (secondary N) is 2. The zero-order chi connectivity index (χ0) is 26.7. The molecule has 0 radical (unpaired) electrons. The standard InChI is InChI=1S/C28H39N7O2/c1-7-25(36)34-14-12-33(13-15-34)24(16-18(2)3)22-10-8-21(9-11-22)20(6)30-27-29-17-23-26(32-27)35(19(4)5)28(37)31-23/h7-11,17-20,24H,1,12-16H2,2-6H3,(H,31,37)(H,29,30,32)/t20-,24?/m0/s1. The van der Waals surface area contributed by atoms with Crippen molar-refractivity contribution in [1.82, 2.24) is 29.3 Å². The van der Waals surface area contributed by atoms with E-state index in [0.717, 1.165) is 38.2 Å². The van der Waals surface area contributed by atoms with Gasteiger partial charge in [0.1, 0.15) is 5.52 Å². The van der Waals surface area contributed by atoms with Crippen LogP contribution in [0.3, 0.4) is 0 Å². The number of amides is 1. The number of aromatic amines is 1. The second-order valence-corrected chi connectivity index (χ2v) is 10.6. The van der Waals surface area contributed by atoms with Crippen molar-refractivity contribution in [2.24, 2.45) is 5.92 Å². The molecule has 9 heteroatoms. The van der Waals surface area contributed by atoms with Crippen molar-refractivity contribution in [1.29, 1.82) is 0 Å². The molecule has 1 unspecified atom stereocenters. The van der Waals surface area contributed by atoms with Crippen molar-refractivity contribution in [3.63, 3.8) is 0 Å². The summed E-state index contributed by atoms with van der Waals surface area (Å²) in [6.45, 7) is 17.3. The average Bonchev–Trinajstić information content (AvgIpc) is 3.22. The summed E-state index contributed by atoms with van der Waals surface area (Å²) in [4.78, 5) is 40.5. The lowest BCUT2D eigenvalue weighted by atomic mass is 9.93. The van der Waals surface area contributed by atoms with Crippen LogP contribution in [0, 0.1) is 5.92 Å². The molecule has 4 rings (SSSR count). The summed E-state index contributed by atoms with van der Waals surface area (Å²) in [5.41, 5.74) is 3.48. The lowest BCUT2D eigenvalue weighted by Crippen LogP contribution is -2.49. The maximum absolute atomic E-state index is 12.3. The van der Waals surface area contributed by atoms with Crippen LogP contribution in [-0.2, 0) is 4.79 Å². The Labute approximate surface area is 218 Å². The molecule has 0 bridgehead atoms. The zero-order valence-electron chi connectivity index (χ0n) is 22.6. The van der Waals surface area contributed by atoms with Crippen LogP contribution in [0.1, 0.15) is 70.3 Å². The Bertz CT molecular complexity index is 1280. The average molecular weight is 506 g/mol. The molecule has 1 amide bonds. The molecule has 2 atom stereocenters. The first-order chi connectivity index (χ1) is 17.7. The number of rotatable bonds is 9. The summed E-state index contributed by atoms with van der Waals surface area (Å²) < 4.78 is 1.64. The van der Waals surface area contributed by atoms with Crippen molar-refractivity contribution in [2.45, 2.75) is 59.2 Å². The van der Waals surface area contributed by atoms with Gasteiger partial charge in [-0.2, -0.15) is 4.98 Å². The van der Waals surface area contributed by atoms with Crippen LogP contribution in [0.25, 0.3) is 11.2 Å². The highest BCUT2D eigenvalue weighted by Gasteiger charge is 2.27. The highest BCUT2D eigenvalue weighted by Crippen LogP contribution is 2.30. The number of fused-ring (bicyclic) bond motifs is 1. The SMILES string of the molecule is C=CC(=O)N1CCN(C(CC(C)C)c2ccc([C@H](C)Nc3ncc4[nH]c(=O)n(C(C)C)c4n3)cc2)CC1. The molecule has 2 N–H and O–H groups in total. The highest BCUT2D eigenvalue weighted by molar-refractivity contribution is 5.87. The van der Waals surface area contributed by atoms with E-state index in [1.165, 1.54) is 11.6 Å². The second-order valence-electron chi connectivity index (χ2n) is 10.6. The molecule has 3 heterocycles. The number of piperazine rings is 1. The lowest BCUT2D eigenvalue weighted by Gasteiger charge is -2.40. The predicted octanol–water partition coefficient (Wildman–Crippen LogP) is 4.29. The van der Waals surface area contributed by atoms with Gasteiger partial charge in [0.15, 0.2) is 5.65 Å². The van der Waals surface area contributed by atoms with Crippen LogP contribution in [0.5, 0.6) is 0 Å². The summed E-state index contributed by atoms with van der Waals surface area (Å²) in [7, 11) is 0. The first kappa shape index (κ1) is 26.6. The van der Waals surface area contributed by atoms with Gasteiger partial charge in [0.05, 0.1) is 12.2 Å². The molecule has 1 saturated heterocycles. The molecule has 1 aromatic carbocycles. The van der Waals surface area contributed by atoms with E-state index in [1.807, 2.05) is 18.7 Å². The molecule has 0 spiro atoms. The van der Waals surface area contributed by atoms with Gasteiger partial charge in [-0.1, -0.05) is 44.7 Å². The molecule has 1 fully saturated rings. The number of anilines is 1. The fourth-order valence-electron chi connectivity index (χ4n) is 5.07. The second kappa shape index (κ2) is 11.3. The number of benzene rings is 1. The Hall–Kier alpha value is -3.46. The van der Waals surface area contributed by atoms with Crippen molar-refractivity contribution in [2.75, 3.05) is 31.5 Å². The van der Waals surface area contributed by atoms with E-state index < -0.39 is 0 Å². The van der Waals surface area contributed by atoms with Crippen LogP contribution in [-0.4, -0.2) is 61.4 Å². The topological polar surface area (TPSA) is 99.2 Å². The molecule has 198 valence electrons. The summed E-state index contributed by atoms with van der Waals surface area (Å²) in [6, 6.07) is 9.06. The fraction of sp³-hybridized carbons (Fsp3) is 0.500. The van der Waals surface area contributed by atoms with E-state index >= 15 is 0 Å². The minimum Gasteiger partial charge on any atom is -0.348 e. The largest absolute Gasteiger partial charge is 0.348 e. The lowest BCUT2D eigenvalue weighted by molar-refractivity contribution is -0.128. The summed E-state index contributed by atoms with van der Waals surface area (Å²) >= 11 is 0. The maximum atomic E-state index is 12.3. The number of imidazole rings is 1. The van der Waals surface area contributed by atoms with Gasteiger partial charge in [-0.05, 0) is 50.3 Å². The molecule has 2 aromatic heterocycles. The molecular weight excluding hydrogens is 466 g/mol. The van der Waals surface area contributed by atoms with E-state index in [4.69, 9.17) is 0 Å². The van der Waals surface area contributed by atoms with Gasteiger partial charge in [0.25, 0.3) is 0 Å². The first-order valence-electron chi connectivity index (χ1n) is 13.2. The molecule has 3 aromatic rings.